The molecule has 0 aromatic heterocycles. The zero-order chi connectivity index (χ0) is 25.0. The summed E-state index contributed by atoms with van der Waals surface area (Å²) in [6.45, 7) is 10.0. The van der Waals surface area contributed by atoms with E-state index in [1.807, 2.05) is 27.7 Å². The normalized spacial score (nSPS) is 13.4. The van der Waals surface area contributed by atoms with Gasteiger partial charge in [0.1, 0.15) is 0 Å². The molecule has 0 saturated heterocycles. The Bertz CT molecular complexity index is 556. The molecule has 0 rings (SSSR count). The molecule has 0 N–H and O–H groups in total. The zero-order valence-electron chi connectivity index (χ0n) is 22.3. The van der Waals surface area contributed by atoms with Crippen LogP contribution in [0.5, 0.6) is 0 Å². The van der Waals surface area contributed by atoms with Crippen LogP contribution in [0, 0.1) is 17.3 Å². The van der Waals surface area contributed by atoms with Crippen molar-refractivity contribution in [2.75, 3.05) is 0 Å². The van der Waals surface area contributed by atoms with Gasteiger partial charge < -0.3 is 0 Å². The Balaban J connectivity index is 4.17. The van der Waals surface area contributed by atoms with Gasteiger partial charge in [0.25, 0.3) is 0 Å². The minimum atomic E-state index is -1.64. The fourth-order valence-corrected chi connectivity index (χ4v) is 4.85. The van der Waals surface area contributed by atoms with E-state index in [0.717, 1.165) is 19.3 Å². The molecule has 0 aliphatic rings. The van der Waals surface area contributed by atoms with E-state index in [9.17, 15) is 13.4 Å². The molecular weight excluding hydrogens is 427 g/mol. The molecule has 0 aromatic rings. The number of Topliss-reactive ketones (excluding diaryl/α,β-unsaturated/α-hetero) is 1. The van der Waals surface area contributed by atoms with Gasteiger partial charge in [-0.3, -0.25) is 0 Å². The molecule has 0 saturated carbocycles. The van der Waals surface area contributed by atoms with Gasteiger partial charge in [-0.2, -0.15) is 0 Å². The summed E-state index contributed by atoms with van der Waals surface area (Å²) >= 11 is -1.64. The van der Waals surface area contributed by atoms with Crippen molar-refractivity contribution in [3.8, 4) is 0 Å². The second-order valence-corrected chi connectivity index (χ2v) is 10.8. The summed E-state index contributed by atoms with van der Waals surface area (Å²) in [5.74, 6) is -0.618. The number of ketones is 1. The maximum absolute atomic E-state index is 13.0. The first kappa shape index (κ1) is 32.2. The molecular formula is C28H51AlO4. The van der Waals surface area contributed by atoms with Gasteiger partial charge in [0, 0.05) is 0 Å². The summed E-state index contributed by atoms with van der Waals surface area (Å²) in [6.07, 6.45) is 22.7. The average Bonchev–Trinajstić information content (AvgIpc) is 2.75. The number of carbonyl (C=O) groups excluding carboxylic acids is 2. The number of allylic oxidation sites excluding steroid dienone is 2. The van der Waals surface area contributed by atoms with Gasteiger partial charge in [0.2, 0.25) is 0 Å². The fraction of sp³-hybridized carbons (Fsp3) is 0.857. The third kappa shape index (κ3) is 14.3. The molecule has 0 aliphatic heterocycles. The van der Waals surface area contributed by atoms with Crippen molar-refractivity contribution >= 4 is 27.2 Å². The molecule has 1 atom stereocenters. The Morgan fingerprint density at radius 1 is 0.788 bits per heavy atom. The maximum atomic E-state index is 13.0. The summed E-state index contributed by atoms with van der Waals surface area (Å²) in [7, 11) is 0. The first-order valence-electron chi connectivity index (χ1n) is 13.7. The Kier molecular flexibility index (Phi) is 20.1. The topological polar surface area (TPSA) is 60.4 Å². The predicted molar refractivity (Wildman–Crippen MR) is 138 cm³/mol. The van der Waals surface area contributed by atoms with Crippen LogP contribution in [0.25, 0.3) is 0 Å². The van der Waals surface area contributed by atoms with Crippen LogP contribution >= 0.6 is 0 Å². The molecule has 0 radical (unpaired) electrons. The first-order chi connectivity index (χ1) is 15.8. The molecule has 190 valence electrons. The van der Waals surface area contributed by atoms with Crippen LogP contribution in [0.15, 0.2) is 12.2 Å². The van der Waals surface area contributed by atoms with E-state index >= 15 is 0 Å². The van der Waals surface area contributed by atoms with Crippen LogP contribution < -0.4 is 0 Å². The van der Waals surface area contributed by atoms with Crippen molar-refractivity contribution in [2.45, 2.75) is 137 Å². The quantitative estimate of drug-likeness (QED) is 0.0681. The van der Waals surface area contributed by atoms with Crippen LogP contribution in [-0.4, -0.2) is 27.2 Å². The van der Waals surface area contributed by atoms with E-state index in [1.54, 1.807) is 0 Å². The van der Waals surface area contributed by atoms with Gasteiger partial charge in [0.05, 0.1) is 0 Å². The van der Waals surface area contributed by atoms with Gasteiger partial charge in [0.15, 0.2) is 0 Å². The summed E-state index contributed by atoms with van der Waals surface area (Å²) in [6, 6.07) is 0. The molecule has 0 heterocycles. The number of hydrogen-bond donors (Lipinski definition) is 0. The van der Waals surface area contributed by atoms with Crippen molar-refractivity contribution in [1.82, 2.24) is 0 Å². The van der Waals surface area contributed by atoms with Gasteiger partial charge in [-0.15, -0.1) is 0 Å². The molecule has 1 unspecified atom stereocenters. The molecule has 0 bridgehead atoms. The van der Waals surface area contributed by atoms with Crippen LogP contribution in [0.1, 0.15) is 137 Å². The number of hydrogen-bond acceptors (Lipinski definition) is 4. The molecule has 0 aliphatic carbocycles. The monoisotopic (exact) mass is 478 g/mol. The van der Waals surface area contributed by atoms with Crippen molar-refractivity contribution in [3.63, 3.8) is 0 Å². The van der Waals surface area contributed by atoms with Crippen LogP contribution in [0.3, 0.4) is 0 Å². The van der Waals surface area contributed by atoms with Crippen LogP contribution in [0.2, 0.25) is 0 Å². The third-order valence-corrected chi connectivity index (χ3v) is 6.99. The fourth-order valence-electron chi connectivity index (χ4n) is 4.55. The summed E-state index contributed by atoms with van der Waals surface area (Å²) in [5, 5.41) is 0. The van der Waals surface area contributed by atoms with Crippen LogP contribution in [0.4, 0.5) is 0 Å². The van der Waals surface area contributed by atoms with Crippen molar-refractivity contribution in [3.05, 3.63) is 12.2 Å². The zero-order valence-corrected chi connectivity index (χ0v) is 23.5. The van der Waals surface area contributed by atoms with Crippen LogP contribution in [-0.2, 0) is 17.2 Å². The van der Waals surface area contributed by atoms with E-state index in [4.69, 9.17) is 3.79 Å². The molecule has 0 fully saturated rings. The number of rotatable bonds is 22. The predicted octanol–water partition coefficient (Wildman–Crippen LogP) is 8.18. The van der Waals surface area contributed by atoms with E-state index in [0.29, 0.717) is 12.8 Å². The van der Waals surface area contributed by atoms with E-state index in [2.05, 4.69) is 19.1 Å². The summed E-state index contributed by atoms with van der Waals surface area (Å²) in [5.41, 5.74) is -1.15. The Labute approximate surface area is 211 Å². The standard InChI is InChI=1S/C28H52O3.Al.O/c1-6-7-8-9-10-11-12-13-14-15-16-17-18-19-20-21-22-28(25(4)5,27(30)31)26(29)23-24(2)3;;/h13-14,24-25H,6-12,15-23H2,1-5H3,(H,30,31);;/q;+1;/p-1/b14-13-;;. The molecule has 0 amide bonds. The second-order valence-electron chi connectivity index (χ2n) is 10.3. The minimum absolute atomic E-state index is 0.0573. The van der Waals surface area contributed by atoms with Crippen molar-refractivity contribution in [2.24, 2.45) is 17.3 Å². The van der Waals surface area contributed by atoms with Gasteiger partial charge >= 0.3 is 153 Å². The van der Waals surface area contributed by atoms with Gasteiger partial charge in [-0.05, 0) is 12.8 Å². The Morgan fingerprint density at radius 2 is 1.27 bits per heavy atom. The third-order valence-electron chi connectivity index (χ3n) is 6.68. The Morgan fingerprint density at radius 3 is 1.73 bits per heavy atom. The molecule has 33 heavy (non-hydrogen) atoms. The SMILES string of the molecule is CCCCCCCC/C=C\CCCCCCCCC(C(=O)CC(C)C)(C(=O)[O][Al]=[O])C(C)C. The van der Waals surface area contributed by atoms with E-state index in [-0.39, 0.29) is 17.6 Å². The van der Waals surface area contributed by atoms with E-state index < -0.39 is 26.9 Å². The molecule has 0 aromatic carbocycles. The summed E-state index contributed by atoms with van der Waals surface area (Å²) in [4.78, 5) is 25.7. The molecule has 4 nitrogen and oxygen atoms in total. The number of carbonyl (C=O) groups is 2. The average molecular weight is 479 g/mol. The van der Waals surface area contributed by atoms with E-state index in [1.165, 1.54) is 70.6 Å². The summed E-state index contributed by atoms with van der Waals surface area (Å²) < 4.78 is 15.9. The second kappa shape index (κ2) is 20.6. The number of unbranched alkanes of at least 4 members (excludes halogenated alkanes) is 12. The molecule has 0 spiro atoms. The van der Waals surface area contributed by atoms with Crippen molar-refractivity contribution in [1.29, 1.82) is 0 Å². The van der Waals surface area contributed by atoms with Gasteiger partial charge in [-0.1, -0.05) is 45.1 Å². The van der Waals surface area contributed by atoms with Crippen molar-refractivity contribution < 1.29 is 17.2 Å². The molecule has 5 heteroatoms. The van der Waals surface area contributed by atoms with Gasteiger partial charge in [-0.25, -0.2) is 0 Å². The first-order valence-corrected chi connectivity index (χ1v) is 14.6. The Hall–Kier alpha value is -0.788.